The first kappa shape index (κ1) is 13.2. The minimum atomic E-state index is -0.923. The van der Waals surface area contributed by atoms with E-state index in [1.54, 1.807) is 13.8 Å². The molecule has 0 unspecified atom stereocenters. The number of rotatable bonds is 4. The van der Waals surface area contributed by atoms with Crippen LogP contribution in [0.2, 0.25) is 0 Å². The average molecular weight is 331 g/mol. The van der Waals surface area contributed by atoms with E-state index in [2.05, 4.69) is 31.5 Å². The number of halogens is 1. The molecule has 0 aliphatic rings. The SMILES string of the molecule is CC(C)(Cn1nnnc1-c1sccc1Br)C(=O)O. The Balaban J connectivity index is 2.35. The van der Waals surface area contributed by atoms with Crippen molar-refractivity contribution in [2.24, 2.45) is 5.41 Å². The zero-order valence-electron chi connectivity index (χ0n) is 9.79. The van der Waals surface area contributed by atoms with Crippen LogP contribution in [0.4, 0.5) is 0 Å². The number of hydrogen-bond donors (Lipinski definition) is 1. The van der Waals surface area contributed by atoms with Gasteiger partial charge >= 0.3 is 5.97 Å². The van der Waals surface area contributed by atoms with Crippen molar-refractivity contribution in [1.29, 1.82) is 0 Å². The van der Waals surface area contributed by atoms with Crippen LogP contribution in [0, 0.1) is 5.41 Å². The van der Waals surface area contributed by atoms with Gasteiger partial charge in [0.1, 0.15) is 0 Å². The molecule has 0 aliphatic carbocycles. The molecule has 96 valence electrons. The summed E-state index contributed by atoms with van der Waals surface area (Å²) in [6.07, 6.45) is 0. The molecular formula is C10H11BrN4O2S. The van der Waals surface area contributed by atoms with Crippen LogP contribution in [0.1, 0.15) is 13.8 Å². The van der Waals surface area contributed by atoms with Gasteiger partial charge in [-0.25, -0.2) is 4.68 Å². The maximum Gasteiger partial charge on any atom is 0.310 e. The summed E-state index contributed by atoms with van der Waals surface area (Å²) in [5, 5.41) is 22.5. The molecule has 0 aliphatic heterocycles. The predicted octanol–water partition coefficient (Wildman–Crippen LogP) is 2.27. The first-order valence-corrected chi connectivity index (χ1v) is 6.82. The Morgan fingerprint density at radius 2 is 2.33 bits per heavy atom. The normalized spacial score (nSPS) is 11.7. The van der Waals surface area contributed by atoms with E-state index in [1.807, 2.05) is 11.4 Å². The molecule has 18 heavy (non-hydrogen) atoms. The van der Waals surface area contributed by atoms with E-state index in [-0.39, 0.29) is 6.54 Å². The highest BCUT2D eigenvalue weighted by atomic mass is 79.9. The van der Waals surface area contributed by atoms with E-state index in [9.17, 15) is 4.79 Å². The van der Waals surface area contributed by atoms with Crippen molar-refractivity contribution < 1.29 is 9.90 Å². The second kappa shape index (κ2) is 4.77. The molecule has 0 saturated heterocycles. The van der Waals surface area contributed by atoms with Crippen LogP contribution in [-0.2, 0) is 11.3 Å². The highest BCUT2D eigenvalue weighted by Crippen LogP contribution is 2.32. The third kappa shape index (κ3) is 2.44. The average Bonchev–Trinajstić information content (AvgIpc) is 2.86. The molecule has 2 aromatic rings. The van der Waals surface area contributed by atoms with Gasteiger partial charge in [0.2, 0.25) is 0 Å². The van der Waals surface area contributed by atoms with Gasteiger partial charge in [-0.05, 0) is 51.7 Å². The van der Waals surface area contributed by atoms with Crippen LogP contribution in [-0.4, -0.2) is 31.3 Å². The molecule has 0 aromatic carbocycles. The van der Waals surface area contributed by atoms with Gasteiger partial charge in [-0.1, -0.05) is 0 Å². The highest BCUT2D eigenvalue weighted by molar-refractivity contribution is 9.10. The van der Waals surface area contributed by atoms with Crippen LogP contribution < -0.4 is 0 Å². The van der Waals surface area contributed by atoms with Gasteiger partial charge in [0.05, 0.1) is 16.8 Å². The summed E-state index contributed by atoms with van der Waals surface area (Å²) in [6.45, 7) is 3.50. The Labute approximate surface area is 116 Å². The monoisotopic (exact) mass is 330 g/mol. The number of aliphatic carboxylic acids is 1. The molecule has 0 saturated carbocycles. The van der Waals surface area contributed by atoms with Gasteiger partial charge in [0, 0.05) is 4.47 Å². The van der Waals surface area contributed by atoms with Gasteiger partial charge < -0.3 is 5.11 Å². The summed E-state index contributed by atoms with van der Waals surface area (Å²) < 4.78 is 2.42. The summed E-state index contributed by atoms with van der Waals surface area (Å²) in [5.41, 5.74) is -0.923. The van der Waals surface area contributed by atoms with E-state index in [0.717, 1.165) is 9.35 Å². The molecule has 0 spiro atoms. The maximum atomic E-state index is 11.1. The molecule has 0 radical (unpaired) electrons. The number of tetrazole rings is 1. The molecule has 0 amide bonds. The molecular weight excluding hydrogens is 320 g/mol. The molecule has 2 heterocycles. The minimum absolute atomic E-state index is 0.217. The largest absolute Gasteiger partial charge is 0.481 e. The molecule has 2 rings (SSSR count). The molecule has 1 N–H and O–H groups in total. The zero-order chi connectivity index (χ0) is 13.3. The molecule has 2 aromatic heterocycles. The Morgan fingerprint density at radius 1 is 1.61 bits per heavy atom. The van der Waals surface area contributed by atoms with E-state index >= 15 is 0 Å². The van der Waals surface area contributed by atoms with Gasteiger partial charge in [0.15, 0.2) is 5.82 Å². The molecule has 0 bridgehead atoms. The van der Waals surface area contributed by atoms with Crippen molar-refractivity contribution >= 4 is 33.2 Å². The molecule has 8 heteroatoms. The Morgan fingerprint density at radius 3 is 2.89 bits per heavy atom. The number of aromatic nitrogens is 4. The van der Waals surface area contributed by atoms with Gasteiger partial charge in [-0.15, -0.1) is 16.4 Å². The van der Waals surface area contributed by atoms with Crippen molar-refractivity contribution in [3.05, 3.63) is 15.9 Å². The lowest BCUT2D eigenvalue weighted by Gasteiger charge is -2.18. The smallest absolute Gasteiger partial charge is 0.310 e. The van der Waals surface area contributed by atoms with E-state index < -0.39 is 11.4 Å². The van der Waals surface area contributed by atoms with Gasteiger partial charge in [-0.3, -0.25) is 4.79 Å². The first-order valence-electron chi connectivity index (χ1n) is 5.15. The van der Waals surface area contributed by atoms with Crippen LogP contribution in [0.5, 0.6) is 0 Å². The fourth-order valence-corrected chi connectivity index (χ4v) is 2.91. The topological polar surface area (TPSA) is 80.9 Å². The Bertz CT molecular complexity index is 578. The number of carbonyl (C=O) groups is 1. The summed E-state index contributed by atoms with van der Waals surface area (Å²) in [4.78, 5) is 12.0. The quantitative estimate of drug-likeness (QED) is 0.929. The Kier molecular flexibility index (Phi) is 3.49. The van der Waals surface area contributed by atoms with E-state index in [4.69, 9.17) is 5.11 Å². The molecule has 6 nitrogen and oxygen atoms in total. The van der Waals surface area contributed by atoms with Crippen LogP contribution in [0.15, 0.2) is 15.9 Å². The third-order valence-corrected chi connectivity index (χ3v) is 4.31. The fourth-order valence-electron chi connectivity index (χ4n) is 1.37. The highest BCUT2D eigenvalue weighted by Gasteiger charge is 2.30. The summed E-state index contributed by atoms with van der Waals surface area (Å²) in [6, 6.07) is 1.90. The van der Waals surface area contributed by atoms with Crippen molar-refractivity contribution in [3.8, 4) is 10.7 Å². The fraction of sp³-hybridized carbons (Fsp3) is 0.400. The lowest BCUT2D eigenvalue weighted by atomic mass is 9.94. The lowest BCUT2D eigenvalue weighted by molar-refractivity contribution is -0.147. The van der Waals surface area contributed by atoms with Crippen molar-refractivity contribution in [2.45, 2.75) is 20.4 Å². The Hall–Kier alpha value is -1.28. The molecule has 0 atom stereocenters. The first-order chi connectivity index (χ1) is 8.42. The zero-order valence-corrected chi connectivity index (χ0v) is 12.2. The second-order valence-corrected chi connectivity index (χ2v) is 6.22. The number of carboxylic acid groups (broad SMARTS) is 1. The standard InChI is InChI=1S/C10H11BrN4O2S/c1-10(2,9(16)17)5-15-8(12-13-14-15)7-6(11)3-4-18-7/h3-4H,5H2,1-2H3,(H,16,17). The van der Waals surface area contributed by atoms with Crippen LogP contribution >= 0.6 is 27.3 Å². The van der Waals surface area contributed by atoms with Gasteiger partial charge in [-0.2, -0.15) is 0 Å². The van der Waals surface area contributed by atoms with Crippen molar-refractivity contribution in [3.63, 3.8) is 0 Å². The summed E-state index contributed by atoms with van der Waals surface area (Å²) in [5.74, 6) is -0.305. The number of hydrogen-bond acceptors (Lipinski definition) is 5. The maximum absolute atomic E-state index is 11.1. The predicted molar refractivity (Wildman–Crippen MR) is 70.2 cm³/mol. The van der Waals surface area contributed by atoms with Gasteiger partial charge in [0.25, 0.3) is 0 Å². The van der Waals surface area contributed by atoms with Crippen molar-refractivity contribution in [1.82, 2.24) is 20.2 Å². The number of nitrogens with zero attached hydrogens (tertiary/aromatic N) is 4. The summed E-state index contributed by atoms with van der Waals surface area (Å²) >= 11 is 4.91. The summed E-state index contributed by atoms with van der Waals surface area (Å²) in [7, 11) is 0. The van der Waals surface area contributed by atoms with E-state index in [1.165, 1.54) is 16.0 Å². The van der Waals surface area contributed by atoms with Crippen LogP contribution in [0.25, 0.3) is 10.7 Å². The lowest BCUT2D eigenvalue weighted by Crippen LogP contribution is -2.30. The van der Waals surface area contributed by atoms with Crippen LogP contribution in [0.3, 0.4) is 0 Å². The van der Waals surface area contributed by atoms with E-state index in [0.29, 0.717) is 5.82 Å². The number of carboxylic acids is 1. The number of thiophene rings is 1. The molecule has 0 fully saturated rings. The minimum Gasteiger partial charge on any atom is -0.481 e. The van der Waals surface area contributed by atoms with Crippen molar-refractivity contribution in [2.75, 3.05) is 0 Å². The second-order valence-electron chi connectivity index (χ2n) is 4.45. The third-order valence-electron chi connectivity index (χ3n) is 2.48.